The molecule has 0 bridgehead atoms. The summed E-state index contributed by atoms with van der Waals surface area (Å²) >= 11 is 3.38. The Hall–Kier alpha value is -2.08. The summed E-state index contributed by atoms with van der Waals surface area (Å²) in [4.78, 5) is 1.49. The van der Waals surface area contributed by atoms with Crippen molar-refractivity contribution in [2.24, 2.45) is 0 Å². The minimum absolute atomic E-state index is 0.254. The van der Waals surface area contributed by atoms with Crippen molar-refractivity contribution in [3.63, 3.8) is 0 Å². The Morgan fingerprint density at radius 2 is 1.70 bits per heavy atom. The van der Waals surface area contributed by atoms with Crippen LogP contribution in [0.15, 0.2) is 53.0 Å². The number of benzene rings is 2. The Kier molecular flexibility index (Phi) is 3.56. The fraction of sp³-hybridized carbons (Fsp3) is 0.0714. The van der Waals surface area contributed by atoms with Crippen molar-refractivity contribution < 1.29 is 4.39 Å². The summed E-state index contributed by atoms with van der Waals surface area (Å²) in [5.74, 6) is 0.315. The van der Waals surface area contributed by atoms with Crippen LogP contribution in [0.1, 0.15) is 5.56 Å². The van der Waals surface area contributed by atoms with Crippen LogP contribution in [0.4, 0.5) is 4.39 Å². The van der Waals surface area contributed by atoms with Crippen molar-refractivity contribution >= 4 is 15.9 Å². The van der Waals surface area contributed by atoms with E-state index in [-0.39, 0.29) is 5.82 Å². The van der Waals surface area contributed by atoms with Crippen LogP contribution in [-0.4, -0.2) is 20.2 Å². The average Bonchev–Trinajstić information content (AvgIpc) is 2.91. The zero-order valence-corrected chi connectivity index (χ0v) is 12.0. The van der Waals surface area contributed by atoms with Crippen molar-refractivity contribution in [1.29, 1.82) is 0 Å². The van der Waals surface area contributed by atoms with E-state index in [1.165, 1.54) is 16.9 Å². The Labute approximate surface area is 123 Å². The second-order valence-electron chi connectivity index (χ2n) is 4.28. The second kappa shape index (κ2) is 5.50. The minimum Gasteiger partial charge on any atom is -0.207 e. The van der Waals surface area contributed by atoms with Crippen molar-refractivity contribution in [1.82, 2.24) is 20.2 Å². The van der Waals surface area contributed by atoms with Gasteiger partial charge in [-0.1, -0.05) is 28.1 Å². The lowest BCUT2D eigenvalue weighted by atomic mass is 10.2. The first-order chi connectivity index (χ1) is 9.70. The van der Waals surface area contributed by atoms with Crippen LogP contribution in [0.5, 0.6) is 0 Å². The van der Waals surface area contributed by atoms with E-state index in [2.05, 4.69) is 31.3 Å². The van der Waals surface area contributed by atoms with Crippen molar-refractivity contribution in [2.75, 3.05) is 0 Å². The Balaban J connectivity index is 1.80. The highest BCUT2D eigenvalue weighted by Crippen LogP contribution is 2.17. The minimum atomic E-state index is -0.254. The maximum Gasteiger partial charge on any atom is 0.204 e. The Morgan fingerprint density at radius 1 is 1.00 bits per heavy atom. The molecule has 0 aliphatic heterocycles. The smallest absolute Gasteiger partial charge is 0.204 e. The highest BCUT2D eigenvalue weighted by atomic mass is 79.9. The van der Waals surface area contributed by atoms with Crippen LogP contribution in [-0.2, 0) is 6.54 Å². The Bertz CT molecular complexity index is 707. The van der Waals surface area contributed by atoms with Crippen molar-refractivity contribution in [3.8, 4) is 11.4 Å². The fourth-order valence-electron chi connectivity index (χ4n) is 1.78. The van der Waals surface area contributed by atoms with Crippen LogP contribution in [0.25, 0.3) is 11.4 Å². The summed E-state index contributed by atoms with van der Waals surface area (Å²) in [6.07, 6.45) is 0. The van der Waals surface area contributed by atoms with Gasteiger partial charge in [0.25, 0.3) is 0 Å². The lowest BCUT2D eigenvalue weighted by molar-refractivity contribution is 0.570. The molecule has 0 N–H and O–H groups in total. The molecular weight excluding hydrogens is 323 g/mol. The van der Waals surface area contributed by atoms with Gasteiger partial charge in [0.1, 0.15) is 5.82 Å². The maximum absolute atomic E-state index is 12.8. The number of tetrazole rings is 1. The number of hydrogen-bond donors (Lipinski definition) is 0. The summed E-state index contributed by atoms with van der Waals surface area (Å²) in [5, 5.41) is 12.3. The average molecular weight is 333 g/mol. The van der Waals surface area contributed by atoms with Crippen molar-refractivity contribution in [2.45, 2.75) is 6.54 Å². The number of hydrogen-bond acceptors (Lipinski definition) is 3. The zero-order chi connectivity index (χ0) is 13.9. The van der Waals surface area contributed by atoms with Crippen LogP contribution >= 0.6 is 15.9 Å². The normalized spacial score (nSPS) is 10.7. The first kappa shape index (κ1) is 12.9. The summed E-state index contributed by atoms with van der Waals surface area (Å²) in [7, 11) is 0. The van der Waals surface area contributed by atoms with Crippen LogP contribution in [0.2, 0.25) is 0 Å². The molecule has 0 saturated carbocycles. The molecule has 0 aliphatic carbocycles. The van der Waals surface area contributed by atoms with E-state index in [1.54, 1.807) is 12.1 Å². The largest absolute Gasteiger partial charge is 0.207 e. The monoisotopic (exact) mass is 332 g/mol. The molecule has 6 heteroatoms. The lowest BCUT2D eigenvalue weighted by Crippen LogP contribution is -2.03. The van der Waals surface area contributed by atoms with E-state index in [0.717, 1.165) is 15.6 Å². The van der Waals surface area contributed by atoms with E-state index in [1.807, 2.05) is 24.3 Å². The summed E-state index contributed by atoms with van der Waals surface area (Å²) in [6.45, 7) is 0.462. The molecule has 3 aromatic rings. The number of halogens is 2. The molecule has 0 amide bonds. The third-order valence-electron chi connectivity index (χ3n) is 2.79. The van der Waals surface area contributed by atoms with Crippen LogP contribution in [0.3, 0.4) is 0 Å². The van der Waals surface area contributed by atoms with E-state index < -0.39 is 0 Å². The predicted molar refractivity (Wildman–Crippen MR) is 76.5 cm³/mol. The molecule has 1 heterocycles. The number of rotatable bonds is 3. The van der Waals surface area contributed by atoms with Crippen molar-refractivity contribution in [3.05, 3.63) is 64.4 Å². The highest BCUT2D eigenvalue weighted by molar-refractivity contribution is 9.10. The van der Waals surface area contributed by atoms with Gasteiger partial charge in [0, 0.05) is 10.0 Å². The number of nitrogens with zero attached hydrogens (tertiary/aromatic N) is 4. The zero-order valence-electron chi connectivity index (χ0n) is 10.4. The van der Waals surface area contributed by atoms with Gasteiger partial charge in [-0.15, -0.1) is 10.2 Å². The van der Waals surface area contributed by atoms with Gasteiger partial charge in [0.05, 0.1) is 6.54 Å². The van der Waals surface area contributed by atoms with Gasteiger partial charge in [0.15, 0.2) is 0 Å². The molecule has 20 heavy (non-hydrogen) atoms. The molecule has 2 aromatic carbocycles. The van der Waals surface area contributed by atoms with Gasteiger partial charge >= 0.3 is 0 Å². The van der Waals surface area contributed by atoms with Crippen LogP contribution in [0, 0.1) is 5.82 Å². The quantitative estimate of drug-likeness (QED) is 0.739. The van der Waals surface area contributed by atoms with Gasteiger partial charge in [0.2, 0.25) is 5.82 Å². The van der Waals surface area contributed by atoms with Crippen LogP contribution < -0.4 is 0 Å². The molecule has 3 rings (SSSR count). The molecule has 0 atom stereocenters. The van der Waals surface area contributed by atoms with E-state index in [4.69, 9.17) is 0 Å². The first-order valence-electron chi connectivity index (χ1n) is 5.99. The van der Waals surface area contributed by atoms with E-state index in [0.29, 0.717) is 12.4 Å². The molecule has 4 nitrogen and oxygen atoms in total. The topological polar surface area (TPSA) is 43.6 Å². The summed E-state index contributed by atoms with van der Waals surface area (Å²) in [5.41, 5.74) is 1.82. The third-order valence-corrected chi connectivity index (χ3v) is 3.32. The van der Waals surface area contributed by atoms with Gasteiger partial charge in [-0.25, -0.2) is 4.39 Å². The standard InChI is InChI=1S/C14H10BrFN4/c15-12-5-3-11(4-6-12)14-17-19-20(18-14)9-10-1-7-13(16)8-2-10/h1-8H,9H2. The molecule has 0 saturated heterocycles. The summed E-state index contributed by atoms with van der Waals surface area (Å²) in [6, 6.07) is 13.9. The number of aromatic nitrogens is 4. The molecule has 0 unspecified atom stereocenters. The maximum atomic E-state index is 12.8. The van der Waals surface area contributed by atoms with Gasteiger partial charge in [-0.05, 0) is 47.2 Å². The SMILES string of the molecule is Fc1ccc(Cn2nnc(-c3ccc(Br)cc3)n2)cc1. The Morgan fingerprint density at radius 3 is 2.40 bits per heavy atom. The molecule has 0 radical (unpaired) electrons. The molecule has 0 aliphatic rings. The molecular formula is C14H10BrFN4. The van der Waals surface area contributed by atoms with E-state index >= 15 is 0 Å². The van der Waals surface area contributed by atoms with Gasteiger partial charge < -0.3 is 0 Å². The molecule has 0 spiro atoms. The lowest BCUT2D eigenvalue weighted by Gasteiger charge is -1.99. The fourth-order valence-corrected chi connectivity index (χ4v) is 2.04. The summed E-state index contributed by atoms with van der Waals surface area (Å²) < 4.78 is 13.8. The van der Waals surface area contributed by atoms with Gasteiger partial charge in [-0.3, -0.25) is 0 Å². The predicted octanol–water partition coefficient (Wildman–Crippen LogP) is 3.29. The van der Waals surface area contributed by atoms with E-state index in [9.17, 15) is 4.39 Å². The highest BCUT2D eigenvalue weighted by Gasteiger charge is 2.06. The molecule has 1 aromatic heterocycles. The second-order valence-corrected chi connectivity index (χ2v) is 5.19. The molecule has 0 fully saturated rings. The van der Waals surface area contributed by atoms with Gasteiger partial charge in [-0.2, -0.15) is 4.80 Å². The molecule has 100 valence electrons. The third kappa shape index (κ3) is 2.91. The first-order valence-corrected chi connectivity index (χ1v) is 6.78.